The van der Waals surface area contributed by atoms with Crippen LogP contribution in [0.2, 0.25) is 0 Å². The van der Waals surface area contributed by atoms with Crippen LogP contribution in [0.3, 0.4) is 0 Å². The number of amides is 2. The predicted molar refractivity (Wildman–Crippen MR) is 86.2 cm³/mol. The number of hydrogen-bond acceptors (Lipinski definition) is 6. The molecule has 136 valence electrons. The molecule has 3 aliphatic rings. The smallest absolute Gasteiger partial charge is 0.246 e. The van der Waals surface area contributed by atoms with E-state index in [0.29, 0.717) is 19.1 Å². The highest BCUT2D eigenvalue weighted by atomic mass is 16.5. The Morgan fingerprint density at radius 3 is 2.88 bits per heavy atom. The van der Waals surface area contributed by atoms with Crippen LogP contribution in [0.15, 0.2) is 6.33 Å². The van der Waals surface area contributed by atoms with Gasteiger partial charge in [0.15, 0.2) is 6.33 Å². The molecule has 2 amide bonds. The Balaban J connectivity index is 1.42. The summed E-state index contributed by atoms with van der Waals surface area (Å²) in [7, 11) is 0. The first-order chi connectivity index (χ1) is 12.2. The van der Waals surface area contributed by atoms with E-state index in [0.717, 1.165) is 51.9 Å². The third-order valence-electron chi connectivity index (χ3n) is 5.78. The van der Waals surface area contributed by atoms with Gasteiger partial charge in [0.25, 0.3) is 0 Å². The van der Waals surface area contributed by atoms with Crippen molar-refractivity contribution in [2.45, 2.75) is 44.7 Å². The van der Waals surface area contributed by atoms with E-state index in [1.54, 1.807) is 4.90 Å². The van der Waals surface area contributed by atoms with Gasteiger partial charge in [-0.2, -0.15) is 4.80 Å². The van der Waals surface area contributed by atoms with Gasteiger partial charge in [-0.05, 0) is 37.3 Å². The third kappa shape index (κ3) is 3.12. The summed E-state index contributed by atoms with van der Waals surface area (Å²) in [6.07, 6.45) is 5.79. The third-order valence-corrected chi connectivity index (χ3v) is 5.78. The molecule has 4 rings (SSSR count). The zero-order valence-electron chi connectivity index (χ0n) is 14.3. The second-order valence-electron chi connectivity index (χ2n) is 7.26. The van der Waals surface area contributed by atoms with Gasteiger partial charge in [-0.1, -0.05) is 0 Å². The number of aromatic nitrogens is 4. The lowest BCUT2D eigenvalue weighted by atomic mass is 9.77. The minimum absolute atomic E-state index is 0.0501. The van der Waals surface area contributed by atoms with E-state index in [1.165, 1.54) is 11.1 Å². The molecule has 0 unspecified atom stereocenters. The molecule has 3 saturated heterocycles. The molecule has 0 aromatic carbocycles. The van der Waals surface area contributed by atoms with Crippen LogP contribution in [-0.4, -0.2) is 80.7 Å². The normalized spacial score (nSPS) is 28.1. The lowest BCUT2D eigenvalue weighted by Crippen LogP contribution is -2.55. The number of ether oxygens (including phenoxy) is 1. The number of hydrogen-bond donors (Lipinski definition) is 0. The van der Waals surface area contributed by atoms with Crippen LogP contribution < -0.4 is 0 Å². The van der Waals surface area contributed by atoms with Crippen LogP contribution in [-0.2, 0) is 20.9 Å². The molecule has 0 bridgehead atoms. The number of piperidine rings is 1. The molecule has 25 heavy (non-hydrogen) atoms. The lowest BCUT2D eigenvalue weighted by Gasteiger charge is -2.44. The molecule has 0 saturated carbocycles. The van der Waals surface area contributed by atoms with E-state index in [4.69, 9.17) is 4.74 Å². The Kier molecular flexibility index (Phi) is 4.41. The topological polar surface area (TPSA) is 93.5 Å². The average molecular weight is 348 g/mol. The zero-order chi connectivity index (χ0) is 17.3. The van der Waals surface area contributed by atoms with E-state index < -0.39 is 5.41 Å². The molecule has 1 aromatic rings. The van der Waals surface area contributed by atoms with Crippen molar-refractivity contribution in [3.63, 3.8) is 0 Å². The highest BCUT2D eigenvalue weighted by Gasteiger charge is 2.50. The Morgan fingerprint density at radius 2 is 2.12 bits per heavy atom. The summed E-state index contributed by atoms with van der Waals surface area (Å²) >= 11 is 0. The molecule has 1 atom stereocenters. The van der Waals surface area contributed by atoms with Crippen molar-refractivity contribution in [3.8, 4) is 0 Å². The van der Waals surface area contributed by atoms with Gasteiger partial charge < -0.3 is 14.5 Å². The minimum Gasteiger partial charge on any atom is -0.381 e. The summed E-state index contributed by atoms with van der Waals surface area (Å²) < 4.78 is 5.43. The van der Waals surface area contributed by atoms with Gasteiger partial charge >= 0.3 is 0 Å². The molecule has 4 heterocycles. The molecule has 3 aliphatic heterocycles. The van der Waals surface area contributed by atoms with Crippen molar-refractivity contribution in [3.05, 3.63) is 6.33 Å². The van der Waals surface area contributed by atoms with Crippen LogP contribution in [0.1, 0.15) is 32.1 Å². The number of rotatable bonds is 3. The van der Waals surface area contributed by atoms with Gasteiger partial charge in [-0.3, -0.25) is 9.59 Å². The van der Waals surface area contributed by atoms with Gasteiger partial charge in [0.1, 0.15) is 6.54 Å². The zero-order valence-corrected chi connectivity index (χ0v) is 14.3. The fourth-order valence-electron chi connectivity index (χ4n) is 4.39. The van der Waals surface area contributed by atoms with Crippen LogP contribution in [0, 0.1) is 5.41 Å². The van der Waals surface area contributed by atoms with Gasteiger partial charge in [0, 0.05) is 38.9 Å². The SMILES string of the molecule is O=C(Cn1ncnn1)N1CC[C@@]2(CCCN(C3CCOCC3)C2=O)C1. The van der Waals surface area contributed by atoms with Gasteiger partial charge in [0.05, 0.1) is 5.41 Å². The van der Waals surface area contributed by atoms with Crippen molar-refractivity contribution in [2.75, 3.05) is 32.8 Å². The summed E-state index contributed by atoms with van der Waals surface area (Å²) in [6.45, 7) is 3.52. The summed E-state index contributed by atoms with van der Waals surface area (Å²) in [5.41, 5.74) is -0.401. The van der Waals surface area contributed by atoms with E-state index in [9.17, 15) is 9.59 Å². The standard InChI is InChI=1S/C16H24N6O3/c23-14(10-22-18-12-17-19-22)20-7-5-16(11-20)4-1-6-21(15(16)24)13-2-8-25-9-3-13/h12-13H,1-11H2/t16-/m0/s1. The first kappa shape index (κ1) is 16.4. The average Bonchev–Trinajstić information content (AvgIpc) is 3.29. The Labute approximate surface area is 146 Å². The second-order valence-corrected chi connectivity index (χ2v) is 7.26. The van der Waals surface area contributed by atoms with Crippen molar-refractivity contribution < 1.29 is 14.3 Å². The number of tetrazole rings is 1. The number of carbonyl (C=O) groups is 2. The maximum absolute atomic E-state index is 13.2. The second kappa shape index (κ2) is 6.70. The lowest BCUT2D eigenvalue weighted by molar-refractivity contribution is -0.151. The fourth-order valence-corrected chi connectivity index (χ4v) is 4.39. The molecule has 1 aromatic heterocycles. The fraction of sp³-hybridized carbons (Fsp3) is 0.812. The highest BCUT2D eigenvalue weighted by Crippen LogP contribution is 2.41. The molecule has 0 aliphatic carbocycles. The maximum Gasteiger partial charge on any atom is 0.246 e. The van der Waals surface area contributed by atoms with E-state index in [1.807, 2.05) is 0 Å². The van der Waals surface area contributed by atoms with Gasteiger partial charge in [-0.25, -0.2) is 0 Å². The summed E-state index contributed by atoms with van der Waals surface area (Å²) in [4.78, 5) is 30.9. The first-order valence-corrected chi connectivity index (χ1v) is 9.05. The molecule has 3 fully saturated rings. The molecular weight excluding hydrogens is 324 g/mol. The highest BCUT2D eigenvalue weighted by molar-refractivity contribution is 5.86. The van der Waals surface area contributed by atoms with Crippen molar-refractivity contribution >= 4 is 11.8 Å². The van der Waals surface area contributed by atoms with Crippen LogP contribution in [0.25, 0.3) is 0 Å². The van der Waals surface area contributed by atoms with E-state index >= 15 is 0 Å². The molecular formula is C16H24N6O3. The van der Waals surface area contributed by atoms with E-state index in [-0.39, 0.29) is 18.4 Å². The molecule has 0 N–H and O–H groups in total. The maximum atomic E-state index is 13.2. The Morgan fingerprint density at radius 1 is 1.28 bits per heavy atom. The van der Waals surface area contributed by atoms with Crippen molar-refractivity contribution in [1.29, 1.82) is 0 Å². The van der Waals surface area contributed by atoms with Crippen molar-refractivity contribution in [2.24, 2.45) is 5.41 Å². The molecule has 9 heteroatoms. The molecule has 0 radical (unpaired) electrons. The number of likely N-dealkylation sites (tertiary alicyclic amines) is 2. The largest absolute Gasteiger partial charge is 0.381 e. The minimum atomic E-state index is -0.401. The van der Waals surface area contributed by atoms with E-state index in [2.05, 4.69) is 20.3 Å². The van der Waals surface area contributed by atoms with Crippen molar-refractivity contribution in [1.82, 2.24) is 30.0 Å². The monoisotopic (exact) mass is 348 g/mol. The van der Waals surface area contributed by atoms with Gasteiger partial charge in [-0.15, -0.1) is 10.2 Å². The van der Waals surface area contributed by atoms with Crippen LogP contribution in [0.4, 0.5) is 0 Å². The summed E-state index contributed by atoms with van der Waals surface area (Å²) in [6, 6.07) is 0.294. The first-order valence-electron chi connectivity index (χ1n) is 9.05. The quantitative estimate of drug-likeness (QED) is 0.744. The number of carbonyl (C=O) groups excluding carboxylic acids is 2. The molecule has 1 spiro atoms. The molecule has 9 nitrogen and oxygen atoms in total. The Hall–Kier alpha value is -2.03. The van der Waals surface area contributed by atoms with Gasteiger partial charge in [0.2, 0.25) is 11.8 Å². The predicted octanol–water partition coefficient (Wildman–Crippen LogP) is -0.307. The summed E-state index contributed by atoms with van der Waals surface area (Å²) in [5.74, 6) is 0.186. The Bertz CT molecular complexity index is 630. The van der Waals surface area contributed by atoms with Crippen LogP contribution >= 0.6 is 0 Å². The van der Waals surface area contributed by atoms with Crippen LogP contribution in [0.5, 0.6) is 0 Å². The summed E-state index contributed by atoms with van der Waals surface area (Å²) in [5, 5.41) is 11.2. The number of nitrogens with zero attached hydrogens (tertiary/aromatic N) is 6.